The van der Waals surface area contributed by atoms with Crippen LogP contribution in [0.3, 0.4) is 0 Å². The van der Waals surface area contributed by atoms with Gasteiger partial charge in [-0.2, -0.15) is 0 Å². The Kier molecular flexibility index (Phi) is 12.2. The molecule has 0 radical (unpaired) electrons. The molecule has 0 N–H and O–H groups in total. The second-order valence-electron chi connectivity index (χ2n) is 3.94. The first kappa shape index (κ1) is 18.3. The van der Waals surface area contributed by atoms with Gasteiger partial charge < -0.3 is 0 Å². The Morgan fingerprint density at radius 1 is 1.12 bits per heavy atom. The van der Waals surface area contributed by atoms with Gasteiger partial charge in [-0.3, -0.25) is 0 Å². The molecule has 2 rings (SSSR count). The highest BCUT2D eigenvalue weighted by Crippen LogP contribution is 2.26. The van der Waals surface area contributed by atoms with Crippen molar-refractivity contribution in [1.29, 1.82) is 0 Å². The van der Waals surface area contributed by atoms with E-state index in [1.807, 2.05) is 26.8 Å². The van der Waals surface area contributed by atoms with E-state index in [0.29, 0.717) is 5.56 Å². The molecule has 1 saturated carbocycles. The quantitative estimate of drug-likeness (QED) is 0.509. The summed E-state index contributed by atoms with van der Waals surface area (Å²) in [6, 6.07) is 5.22. The summed E-state index contributed by atoms with van der Waals surface area (Å²) in [5.74, 6) is 0.968. The summed E-state index contributed by atoms with van der Waals surface area (Å²) in [4.78, 5) is 0. The molecular formula is C16H27F. The number of rotatable bonds is 0. The molecule has 0 atom stereocenters. The maximum absolute atomic E-state index is 12.6. The van der Waals surface area contributed by atoms with Crippen molar-refractivity contribution >= 4 is 0 Å². The Balaban J connectivity index is 0. The molecule has 0 aliphatic heterocycles. The molecule has 1 fully saturated rings. The van der Waals surface area contributed by atoms with Crippen molar-refractivity contribution in [2.75, 3.05) is 0 Å². The van der Waals surface area contributed by atoms with E-state index in [0.717, 1.165) is 11.5 Å². The highest BCUT2D eigenvalue weighted by Gasteiger charge is 2.12. The summed E-state index contributed by atoms with van der Waals surface area (Å²) in [5, 5.41) is 0. The molecule has 0 bridgehead atoms. The highest BCUT2D eigenvalue weighted by molar-refractivity contribution is 5.21. The Labute approximate surface area is 107 Å². The predicted molar refractivity (Wildman–Crippen MR) is 76.9 cm³/mol. The topological polar surface area (TPSA) is 0 Å². The minimum Gasteiger partial charge on any atom is -0.207 e. The highest BCUT2D eigenvalue weighted by atomic mass is 19.1. The molecule has 0 nitrogen and oxygen atoms in total. The van der Waals surface area contributed by atoms with Crippen LogP contribution >= 0.6 is 0 Å². The number of halogens is 1. The zero-order valence-electron chi connectivity index (χ0n) is 12.0. The van der Waals surface area contributed by atoms with Crippen molar-refractivity contribution in [2.45, 2.75) is 47.5 Å². The molecule has 17 heavy (non-hydrogen) atoms. The van der Waals surface area contributed by atoms with Gasteiger partial charge in [-0.05, 0) is 37.0 Å². The number of benzene rings is 1. The first-order valence-electron chi connectivity index (χ1n) is 6.32. The SMILES string of the molecule is C=C.CC.CC1CC1.Cc1ccc(C)c(F)c1. The van der Waals surface area contributed by atoms with Gasteiger partial charge in [0.15, 0.2) is 0 Å². The third kappa shape index (κ3) is 11.2. The van der Waals surface area contributed by atoms with Crippen LogP contribution in [0.1, 0.15) is 44.7 Å². The lowest BCUT2D eigenvalue weighted by molar-refractivity contribution is 0.617. The fourth-order valence-corrected chi connectivity index (χ4v) is 0.865. The fourth-order valence-electron chi connectivity index (χ4n) is 0.865. The van der Waals surface area contributed by atoms with Crippen molar-refractivity contribution in [2.24, 2.45) is 5.92 Å². The molecule has 0 saturated heterocycles. The maximum Gasteiger partial charge on any atom is 0.126 e. The van der Waals surface area contributed by atoms with Crippen molar-refractivity contribution in [3.8, 4) is 0 Å². The summed E-state index contributed by atoms with van der Waals surface area (Å²) in [6.45, 7) is 15.9. The van der Waals surface area contributed by atoms with Crippen LogP contribution in [0.4, 0.5) is 4.39 Å². The van der Waals surface area contributed by atoms with Crippen LogP contribution < -0.4 is 0 Å². The largest absolute Gasteiger partial charge is 0.207 e. The van der Waals surface area contributed by atoms with Crippen LogP contribution in [-0.2, 0) is 0 Å². The third-order valence-corrected chi connectivity index (χ3v) is 2.19. The maximum atomic E-state index is 12.6. The van der Waals surface area contributed by atoms with Gasteiger partial charge in [0.2, 0.25) is 0 Å². The van der Waals surface area contributed by atoms with Gasteiger partial charge in [-0.1, -0.05) is 45.7 Å². The smallest absolute Gasteiger partial charge is 0.126 e. The molecule has 0 unspecified atom stereocenters. The molecule has 0 heterocycles. The van der Waals surface area contributed by atoms with Gasteiger partial charge in [-0.25, -0.2) is 4.39 Å². The molecule has 1 aliphatic rings. The standard InChI is InChI=1S/C8H9F.C4H8.C2H6.C2H4/c1-6-3-4-7(2)8(9)5-6;1-4-2-3-4;2*1-2/h3-5H,1-2H3;4H,2-3H2,1H3;1-2H3;1-2H2. The van der Waals surface area contributed by atoms with Gasteiger partial charge in [0.25, 0.3) is 0 Å². The van der Waals surface area contributed by atoms with Gasteiger partial charge in [0.05, 0.1) is 0 Å². The van der Waals surface area contributed by atoms with Crippen molar-refractivity contribution in [1.82, 2.24) is 0 Å². The zero-order valence-corrected chi connectivity index (χ0v) is 12.0. The van der Waals surface area contributed by atoms with Crippen LogP contribution in [0.2, 0.25) is 0 Å². The van der Waals surface area contributed by atoms with Crippen LogP contribution in [0.15, 0.2) is 31.4 Å². The van der Waals surface area contributed by atoms with E-state index in [9.17, 15) is 4.39 Å². The molecule has 1 heteroatoms. The third-order valence-electron chi connectivity index (χ3n) is 2.19. The molecule has 1 aliphatic carbocycles. The molecule has 0 aromatic heterocycles. The minimum atomic E-state index is -0.116. The van der Waals surface area contributed by atoms with Crippen molar-refractivity contribution < 1.29 is 4.39 Å². The zero-order chi connectivity index (χ0) is 13.8. The number of hydrogen-bond donors (Lipinski definition) is 0. The van der Waals surface area contributed by atoms with Crippen LogP contribution in [0, 0.1) is 25.6 Å². The Hall–Kier alpha value is -1.11. The lowest BCUT2D eigenvalue weighted by atomic mass is 10.2. The molecule has 0 spiro atoms. The van der Waals surface area contributed by atoms with E-state index in [2.05, 4.69) is 20.1 Å². The Bertz CT molecular complexity index is 288. The van der Waals surface area contributed by atoms with E-state index in [-0.39, 0.29) is 5.82 Å². The lowest BCUT2D eigenvalue weighted by Crippen LogP contribution is -1.81. The minimum absolute atomic E-state index is 0.116. The van der Waals surface area contributed by atoms with E-state index in [4.69, 9.17) is 0 Å². The van der Waals surface area contributed by atoms with Gasteiger partial charge in [-0.15, -0.1) is 13.2 Å². The second-order valence-corrected chi connectivity index (χ2v) is 3.94. The van der Waals surface area contributed by atoms with Crippen LogP contribution in [0.5, 0.6) is 0 Å². The monoisotopic (exact) mass is 238 g/mol. The van der Waals surface area contributed by atoms with E-state index < -0.39 is 0 Å². The molecule has 98 valence electrons. The predicted octanol–water partition coefficient (Wildman–Crippen LogP) is 5.69. The average Bonchev–Trinajstić information content (AvgIpc) is 3.13. The first-order chi connectivity index (χ1) is 8.09. The Morgan fingerprint density at radius 2 is 1.53 bits per heavy atom. The average molecular weight is 238 g/mol. The summed E-state index contributed by atoms with van der Waals surface area (Å²) in [5.41, 5.74) is 1.68. The van der Waals surface area contributed by atoms with Crippen molar-refractivity contribution in [3.05, 3.63) is 48.3 Å². The van der Waals surface area contributed by atoms with E-state index >= 15 is 0 Å². The molecule has 0 amide bonds. The van der Waals surface area contributed by atoms with Crippen molar-refractivity contribution in [3.63, 3.8) is 0 Å². The summed E-state index contributed by atoms with van der Waals surface area (Å²) in [6.07, 6.45) is 2.97. The molecule has 1 aromatic rings. The Morgan fingerprint density at radius 3 is 1.76 bits per heavy atom. The van der Waals surface area contributed by atoms with Crippen LogP contribution in [0.25, 0.3) is 0 Å². The van der Waals surface area contributed by atoms with Gasteiger partial charge in [0.1, 0.15) is 5.82 Å². The van der Waals surface area contributed by atoms with E-state index in [1.54, 1.807) is 13.0 Å². The fraction of sp³-hybridized carbons (Fsp3) is 0.500. The molecular weight excluding hydrogens is 211 g/mol. The second kappa shape index (κ2) is 11.4. The van der Waals surface area contributed by atoms with Gasteiger partial charge in [0, 0.05) is 0 Å². The van der Waals surface area contributed by atoms with Crippen LogP contribution in [-0.4, -0.2) is 0 Å². The summed E-state index contributed by atoms with van der Waals surface area (Å²) >= 11 is 0. The molecule has 1 aromatic carbocycles. The van der Waals surface area contributed by atoms with E-state index in [1.165, 1.54) is 18.9 Å². The number of hydrogen-bond acceptors (Lipinski definition) is 0. The summed E-state index contributed by atoms with van der Waals surface area (Å²) < 4.78 is 12.6. The number of aryl methyl sites for hydroxylation is 2. The normalized spacial score (nSPS) is 11.9. The summed E-state index contributed by atoms with van der Waals surface area (Å²) in [7, 11) is 0. The first-order valence-corrected chi connectivity index (χ1v) is 6.32. The van der Waals surface area contributed by atoms with Gasteiger partial charge >= 0.3 is 0 Å². The lowest BCUT2D eigenvalue weighted by Gasteiger charge is -1.94.